The monoisotopic (exact) mass is 275 g/mol. The Labute approximate surface area is 120 Å². The Morgan fingerprint density at radius 2 is 2.25 bits per heavy atom. The number of aliphatic hydroxyl groups is 1. The minimum absolute atomic E-state index is 0.0589. The molecule has 20 heavy (non-hydrogen) atoms. The molecule has 0 saturated carbocycles. The number of nitrogens with zero attached hydrogens (tertiary/aromatic N) is 1. The summed E-state index contributed by atoms with van der Waals surface area (Å²) in [6.07, 6.45) is 0.864. The van der Waals surface area contributed by atoms with Gasteiger partial charge in [0.15, 0.2) is 0 Å². The summed E-state index contributed by atoms with van der Waals surface area (Å²) in [7, 11) is 3.36. The van der Waals surface area contributed by atoms with E-state index >= 15 is 0 Å². The summed E-state index contributed by atoms with van der Waals surface area (Å²) in [5.41, 5.74) is 1.93. The molecule has 0 radical (unpaired) electrons. The zero-order valence-corrected chi connectivity index (χ0v) is 12.1. The van der Waals surface area contributed by atoms with Gasteiger partial charge in [0, 0.05) is 32.7 Å². The molecule has 0 aliphatic heterocycles. The Bertz CT molecular complexity index is 488. The van der Waals surface area contributed by atoms with Crippen LogP contribution in [0, 0.1) is 11.8 Å². The number of amides is 1. The van der Waals surface area contributed by atoms with Gasteiger partial charge in [-0.2, -0.15) is 0 Å². The van der Waals surface area contributed by atoms with Gasteiger partial charge in [-0.15, -0.1) is 0 Å². The molecule has 0 fully saturated rings. The third-order valence-corrected chi connectivity index (χ3v) is 2.76. The standard InChI is InChI=1S/C16H21NO3/c1-17(16(19)9-11-20-2)13-15-8-5-7-14(12-15)6-3-4-10-18/h5,7-8,12,18H,4,9-11,13H2,1-2H3. The summed E-state index contributed by atoms with van der Waals surface area (Å²) in [6.45, 7) is 1.07. The van der Waals surface area contributed by atoms with Crippen LogP contribution >= 0.6 is 0 Å². The van der Waals surface area contributed by atoms with Crippen LogP contribution in [0.1, 0.15) is 24.0 Å². The lowest BCUT2D eigenvalue weighted by Gasteiger charge is -2.17. The zero-order chi connectivity index (χ0) is 14.8. The van der Waals surface area contributed by atoms with Gasteiger partial charge in [-0.05, 0) is 17.7 Å². The van der Waals surface area contributed by atoms with Crippen molar-refractivity contribution in [2.75, 3.05) is 27.4 Å². The summed E-state index contributed by atoms with van der Waals surface area (Å²) in [4.78, 5) is 13.5. The third-order valence-electron chi connectivity index (χ3n) is 2.76. The number of hydrogen-bond acceptors (Lipinski definition) is 3. The molecule has 0 heterocycles. The molecule has 0 aliphatic carbocycles. The van der Waals surface area contributed by atoms with Crippen molar-refractivity contribution in [3.05, 3.63) is 35.4 Å². The van der Waals surface area contributed by atoms with Gasteiger partial charge in [0.2, 0.25) is 5.91 Å². The first kappa shape index (κ1) is 16.2. The van der Waals surface area contributed by atoms with Crippen LogP contribution < -0.4 is 0 Å². The van der Waals surface area contributed by atoms with Gasteiger partial charge >= 0.3 is 0 Å². The molecule has 0 atom stereocenters. The topological polar surface area (TPSA) is 49.8 Å². The lowest BCUT2D eigenvalue weighted by Crippen LogP contribution is -2.26. The first-order chi connectivity index (χ1) is 9.67. The van der Waals surface area contributed by atoms with E-state index in [9.17, 15) is 4.79 Å². The maximum absolute atomic E-state index is 11.8. The summed E-state index contributed by atoms with van der Waals surface area (Å²) in [5, 5.41) is 8.69. The van der Waals surface area contributed by atoms with E-state index < -0.39 is 0 Å². The zero-order valence-electron chi connectivity index (χ0n) is 12.1. The van der Waals surface area contributed by atoms with Crippen molar-refractivity contribution < 1.29 is 14.6 Å². The molecular formula is C16H21NO3. The van der Waals surface area contributed by atoms with Crippen LogP contribution in [0.3, 0.4) is 0 Å². The molecule has 0 bridgehead atoms. The number of methoxy groups -OCH3 is 1. The predicted octanol–water partition coefficient (Wildman–Crippen LogP) is 1.42. The van der Waals surface area contributed by atoms with Crippen LogP contribution in [0.2, 0.25) is 0 Å². The lowest BCUT2D eigenvalue weighted by molar-refractivity contribution is -0.131. The fourth-order valence-corrected chi connectivity index (χ4v) is 1.71. The first-order valence-electron chi connectivity index (χ1n) is 6.59. The molecule has 1 amide bonds. The normalized spacial score (nSPS) is 9.75. The van der Waals surface area contributed by atoms with Crippen molar-refractivity contribution in [2.24, 2.45) is 0 Å². The molecule has 0 aliphatic rings. The maximum Gasteiger partial charge on any atom is 0.224 e. The molecule has 1 aromatic carbocycles. The lowest BCUT2D eigenvalue weighted by atomic mass is 10.1. The van der Waals surface area contributed by atoms with Gasteiger partial charge < -0.3 is 14.7 Å². The summed E-state index contributed by atoms with van der Waals surface area (Å²) in [5.74, 6) is 5.93. The molecule has 1 N–H and O–H groups in total. The van der Waals surface area contributed by atoms with E-state index in [-0.39, 0.29) is 12.5 Å². The highest BCUT2D eigenvalue weighted by Crippen LogP contribution is 2.08. The molecule has 4 nitrogen and oxygen atoms in total. The smallest absolute Gasteiger partial charge is 0.224 e. The van der Waals surface area contributed by atoms with E-state index in [4.69, 9.17) is 9.84 Å². The Balaban J connectivity index is 2.62. The van der Waals surface area contributed by atoms with Crippen molar-refractivity contribution in [1.82, 2.24) is 4.90 Å². The van der Waals surface area contributed by atoms with Gasteiger partial charge in [0.1, 0.15) is 0 Å². The second kappa shape index (κ2) is 9.13. The largest absolute Gasteiger partial charge is 0.395 e. The van der Waals surface area contributed by atoms with E-state index in [2.05, 4.69) is 11.8 Å². The van der Waals surface area contributed by atoms with Crippen molar-refractivity contribution in [2.45, 2.75) is 19.4 Å². The third kappa shape index (κ3) is 5.87. The minimum atomic E-state index is 0.0589. The van der Waals surface area contributed by atoms with Crippen molar-refractivity contribution in [3.8, 4) is 11.8 Å². The number of ether oxygens (including phenoxy) is 1. The van der Waals surface area contributed by atoms with Gasteiger partial charge in [-0.3, -0.25) is 4.79 Å². The van der Waals surface area contributed by atoms with E-state index in [1.165, 1.54) is 0 Å². The number of benzene rings is 1. The molecule has 0 unspecified atom stereocenters. The van der Waals surface area contributed by atoms with E-state index in [1.807, 2.05) is 24.3 Å². The van der Waals surface area contributed by atoms with Crippen LogP contribution in [-0.4, -0.2) is 43.3 Å². The summed E-state index contributed by atoms with van der Waals surface area (Å²) in [6, 6.07) is 7.77. The van der Waals surface area contributed by atoms with Gasteiger partial charge in [-0.1, -0.05) is 24.0 Å². The van der Waals surface area contributed by atoms with E-state index in [0.717, 1.165) is 11.1 Å². The van der Waals surface area contributed by atoms with Crippen LogP contribution in [0.15, 0.2) is 24.3 Å². The van der Waals surface area contributed by atoms with Crippen molar-refractivity contribution in [1.29, 1.82) is 0 Å². The second-order valence-corrected chi connectivity index (χ2v) is 4.47. The van der Waals surface area contributed by atoms with E-state index in [1.54, 1.807) is 19.1 Å². The van der Waals surface area contributed by atoms with Gasteiger partial charge in [0.05, 0.1) is 19.6 Å². The first-order valence-corrected chi connectivity index (χ1v) is 6.59. The predicted molar refractivity (Wildman–Crippen MR) is 78.0 cm³/mol. The van der Waals surface area contributed by atoms with E-state index in [0.29, 0.717) is 26.0 Å². The quantitative estimate of drug-likeness (QED) is 0.799. The Kier molecular flexibility index (Phi) is 7.41. The van der Waals surface area contributed by atoms with Crippen molar-refractivity contribution in [3.63, 3.8) is 0 Å². The number of carbonyl (C=O) groups excluding carboxylic acids is 1. The van der Waals surface area contributed by atoms with Crippen LogP contribution in [0.5, 0.6) is 0 Å². The van der Waals surface area contributed by atoms with Gasteiger partial charge in [-0.25, -0.2) is 0 Å². The highest BCUT2D eigenvalue weighted by atomic mass is 16.5. The highest BCUT2D eigenvalue weighted by Gasteiger charge is 2.08. The Morgan fingerprint density at radius 1 is 1.45 bits per heavy atom. The molecule has 0 saturated heterocycles. The Hall–Kier alpha value is -1.83. The molecule has 1 rings (SSSR count). The van der Waals surface area contributed by atoms with Gasteiger partial charge in [0.25, 0.3) is 0 Å². The average molecular weight is 275 g/mol. The number of rotatable bonds is 6. The fourth-order valence-electron chi connectivity index (χ4n) is 1.71. The average Bonchev–Trinajstić information content (AvgIpc) is 2.45. The Morgan fingerprint density at radius 3 is 2.95 bits per heavy atom. The highest BCUT2D eigenvalue weighted by molar-refractivity contribution is 5.75. The van der Waals surface area contributed by atoms with Crippen LogP contribution in [0.25, 0.3) is 0 Å². The number of hydrogen-bond donors (Lipinski definition) is 1. The van der Waals surface area contributed by atoms with Crippen LogP contribution in [-0.2, 0) is 16.1 Å². The summed E-state index contributed by atoms with van der Waals surface area (Å²) >= 11 is 0. The minimum Gasteiger partial charge on any atom is -0.395 e. The second-order valence-electron chi connectivity index (χ2n) is 4.47. The SMILES string of the molecule is COCCC(=O)N(C)Cc1cccc(C#CCCO)c1. The molecule has 0 aromatic heterocycles. The molecule has 108 valence electrons. The number of aliphatic hydroxyl groups excluding tert-OH is 1. The molecule has 0 spiro atoms. The fraction of sp³-hybridized carbons (Fsp3) is 0.438. The molecule has 1 aromatic rings. The summed E-state index contributed by atoms with van der Waals surface area (Å²) < 4.78 is 4.90. The van der Waals surface area contributed by atoms with Crippen molar-refractivity contribution >= 4 is 5.91 Å². The number of carbonyl (C=O) groups is 1. The van der Waals surface area contributed by atoms with Crippen LogP contribution in [0.4, 0.5) is 0 Å². The molecular weight excluding hydrogens is 254 g/mol. The maximum atomic E-state index is 11.8. The molecule has 4 heteroatoms.